The second kappa shape index (κ2) is 7.96. The number of nitrogens with one attached hydrogen (secondary N) is 1. The third-order valence-corrected chi connectivity index (χ3v) is 6.67. The third kappa shape index (κ3) is 3.35. The number of nitrogens with two attached hydrogens (primary N) is 1. The summed E-state index contributed by atoms with van der Waals surface area (Å²) in [6, 6.07) is 3.06. The molecule has 7 N–H and O–H groups in total. The fourth-order valence-electron chi connectivity index (χ4n) is 5.17. The molecule has 3 aliphatic rings. The lowest BCUT2D eigenvalue weighted by molar-refractivity contribution is -0.144. The molecule has 34 heavy (non-hydrogen) atoms. The van der Waals surface area contributed by atoms with E-state index < -0.39 is 63.7 Å². The van der Waals surface area contributed by atoms with E-state index in [2.05, 4.69) is 5.32 Å². The van der Waals surface area contributed by atoms with Crippen molar-refractivity contribution < 1.29 is 39.6 Å². The fraction of sp³-hybridized carbons (Fsp3) is 0.391. The molecular weight excluding hydrogens is 446 g/mol. The number of nitrogens with zero attached hydrogens (tertiary/aromatic N) is 1. The molecule has 0 aliphatic heterocycles. The maximum atomic E-state index is 13.4. The zero-order valence-corrected chi connectivity index (χ0v) is 18.6. The average Bonchev–Trinajstić information content (AvgIpc) is 2.72. The highest BCUT2D eigenvalue weighted by atomic mass is 16.3. The molecule has 0 unspecified atom stereocenters. The monoisotopic (exact) mass is 471 g/mol. The van der Waals surface area contributed by atoms with Crippen molar-refractivity contribution in [3.8, 4) is 5.75 Å². The SMILES string of the molecule is CN(C)CC(=O)Nc1ccc2c(c1O)C(=O)C1=C(O)[C@@]3(O)C(=O)C(C(N)=O)=C(O)C[C@H]3C[C@H]1C2. The highest BCUT2D eigenvalue weighted by Gasteiger charge is 2.59. The van der Waals surface area contributed by atoms with Crippen LogP contribution in [-0.4, -0.2) is 74.9 Å². The van der Waals surface area contributed by atoms with E-state index in [1.165, 1.54) is 6.07 Å². The number of anilines is 1. The quantitative estimate of drug-likeness (QED) is 0.261. The Morgan fingerprint density at radius 1 is 1.18 bits per heavy atom. The minimum absolute atomic E-state index is 0.00232. The number of ketones is 2. The molecule has 2 amide bonds. The number of rotatable bonds is 4. The Hall–Kier alpha value is -3.70. The van der Waals surface area contributed by atoms with Gasteiger partial charge in [-0.25, -0.2) is 0 Å². The lowest BCUT2D eigenvalue weighted by Crippen LogP contribution is -2.57. The van der Waals surface area contributed by atoms with Crippen LogP contribution in [0.2, 0.25) is 0 Å². The summed E-state index contributed by atoms with van der Waals surface area (Å²) < 4.78 is 0. The van der Waals surface area contributed by atoms with Gasteiger partial charge in [-0.1, -0.05) is 6.07 Å². The highest BCUT2D eigenvalue weighted by molar-refractivity contribution is 6.24. The molecule has 0 fully saturated rings. The maximum absolute atomic E-state index is 13.4. The summed E-state index contributed by atoms with van der Waals surface area (Å²) in [6.45, 7) is 0.0393. The number of carbonyl (C=O) groups excluding carboxylic acids is 4. The van der Waals surface area contributed by atoms with E-state index in [1.807, 2.05) is 0 Å². The zero-order chi connectivity index (χ0) is 25.1. The predicted molar refractivity (Wildman–Crippen MR) is 118 cm³/mol. The minimum atomic E-state index is -2.61. The molecule has 11 heteroatoms. The standard InChI is InChI=1S/C23H25N3O8/c1-26(2)8-14(28)25-12-4-3-9-5-10-6-11-7-13(27)17(22(24)33)21(32)23(11,34)20(31)16(10)19(30)15(9)18(12)29/h3-4,10-11,27,29,31,34H,5-8H2,1-2H3,(H2,24,33)(H,25,28)/t10-,11-,23-/m1/s1. The van der Waals surface area contributed by atoms with Crippen LogP contribution in [0.15, 0.2) is 34.8 Å². The molecular formula is C23H25N3O8. The number of phenols is 1. The number of fused-ring (bicyclic) bond motifs is 3. The van der Waals surface area contributed by atoms with Gasteiger partial charge in [0.15, 0.2) is 17.1 Å². The summed E-state index contributed by atoms with van der Waals surface area (Å²) in [5, 5.41) is 45.7. The molecule has 0 saturated carbocycles. The molecule has 11 nitrogen and oxygen atoms in total. The van der Waals surface area contributed by atoms with Crippen LogP contribution in [0.1, 0.15) is 28.8 Å². The summed E-state index contributed by atoms with van der Waals surface area (Å²) in [5.41, 5.74) is 1.82. The largest absolute Gasteiger partial charge is 0.511 e. The van der Waals surface area contributed by atoms with E-state index in [4.69, 9.17) is 5.73 Å². The van der Waals surface area contributed by atoms with Gasteiger partial charge in [-0.15, -0.1) is 0 Å². The van der Waals surface area contributed by atoms with E-state index in [1.54, 1.807) is 25.1 Å². The lowest BCUT2D eigenvalue weighted by Gasteiger charge is -2.45. The number of aliphatic hydroxyl groups excluding tert-OH is 2. The first-order chi connectivity index (χ1) is 15.9. The van der Waals surface area contributed by atoms with E-state index in [0.29, 0.717) is 5.56 Å². The summed E-state index contributed by atoms with van der Waals surface area (Å²) in [5.74, 6) is -7.31. The second-order valence-corrected chi connectivity index (χ2v) is 9.19. The van der Waals surface area contributed by atoms with Crippen molar-refractivity contribution in [2.45, 2.75) is 24.9 Å². The Balaban J connectivity index is 1.79. The Morgan fingerprint density at radius 2 is 1.85 bits per heavy atom. The molecule has 0 spiro atoms. The summed E-state index contributed by atoms with van der Waals surface area (Å²) in [4.78, 5) is 51.8. The van der Waals surface area contributed by atoms with Crippen molar-refractivity contribution in [1.29, 1.82) is 0 Å². The highest BCUT2D eigenvalue weighted by Crippen LogP contribution is 2.51. The van der Waals surface area contributed by atoms with Crippen LogP contribution in [0.25, 0.3) is 0 Å². The van der Waals surface area contributed by atoms with Gasteiger partial charge in [-0.2, -0.15) is 0 Å². The number of hydrogen-bond donors (Lipinski definition) is 6. The Morgan fingerprint density at radius 3 is 2.47 bits per heavy atom. The van der Waals surface area contributed by atoms with E-state index in [-0.39, 0.29) is 42.6 Å². The Kier molecular flexibility index (Phi) is 5.49. The van der Waals surface area contributed by atoms with Gasteiger partial charge in [0.1, 0.15) is 17.1 Å². The molecule has 1 aromatic rings. The zero-order valence-electron chi connectivity index (χ0n) is 18.6. The van der Waals surface area contributed by atoms with E-state index in [9.17, 15) is 39.6 Å². The third-order valence-electron chi connectivity index (χ3n) is 6.67. The molecule has 180 valence electrons. The summed E-state index contributed by atoms with van der Waals surface area (Å²) >= 11 is 0. The number of aliphatic hydroxyl groups is 3. The van der Waals surface area contributed by atoms with Crippen LogP contribution in [-0.2, 0) is 20.8 Å². The maximum Gasteiger partial charge on any atom is 0.255 e. The number of primary amides is 1. The van der Waals surface area contributed by atoms with Gasteiger partial charge < -0.3 is 36.4 Å². The van der Waals surface area contributed by atoms with Crippen LogP contribution in [0.4, 0.5) is 5.69 Å². The van der Waals surface area contributed by atoms with Gasteiger partial charge in [0.25, 0.3) is 5.91 Å². The van der Waals surface area contributed by atoms with Gasteiger partial charge in [0.2, 0.25) is 11.7 Å². The average molecular weight is 471 g/mol. The van der Waals surface area contributed by atoms with Crippen molar-refractivity contribution >= 4 is 29.1 Å². The Labute approximate surface area is 194 Å². The first-order valence-corrected chi connectivity index (χ1v) is 10.6. The number of amides is 2. The summed E-state index contributed by atoms with van der Waals surface area (Å²) in [7, 11) is 3.38. The molecule has 0 bridgehead atoms. The number of phenolic OH excluding ortho intramolecular Hbond substituents is 1. The Bertz CT molecular complexity index is 1210. The van der Waals surface area contributed by atoms with E-state index in [0.717, 1.165) is 0 Å². The normalized spacial score (nSPS) is 26.2. The fourth-order valence-corrected chi connectivity index (χ4v) is 5.17. The lowest BCUT2D eigenvalue weighted by atomic mass is 9.60. The van der Waals surface area contributed by atoms with Crippen molar-refractivity contribution in [2.75, 3.05) is 26.0 Å². The molecule has 0 aromatic heterocycles. The molecule has 0 heterocycles. The number of Topliss-reactive ketones (excluding diaryl/α,β-unsaturated/α-hetero) is 2. The smallest absolute Gasteiger partial charge is 0.255 e. The molecule has 3 atom stereocenters. The first-order valence-electron chi connectivity index (χ1n) is 10.6. The molecule has 4 rings (SSSR count). The predicted octanol–water partition coefficient (Wildman–Crippen LogP) is 0.0806. The number of aromatic hydroxyl groups is 1. The molecule has 0 radical (unpaired) electrons. The number of carbonyl (C=O) groups is 4. The topological polar surface area (TPSA) is 190 Å². The van der Waals surface area contributed by atoms with Crippen LogP contribution in [0, 0.1) is 11.8 Å². The van der Waals surface area contributed by atoms with Gasteiger partial charge in [-0.3, -0.25) is 19.2 Å². The van der Waals surface area contributed by atoms with Gasteiger partial charge >= 0.3 is 0 Å². The van der Waals surface area contributed by atoms with Crippen LogP contribution >= 0.6 is 0 Å². The second-order valence-electron chi connectivity index (χ2n) is 9.19. The van der Waals surface area contributed by atoms with Crippen molar-refractivity contribution in [2.24, 2.45) is 17.6 Å². The van der Waals surface area contributed by atoms with Gasteiger partial charge in [0.05, 0.1) is 17.8 Å². The van der Waals surface area contributed by atoms with Crippen molar-refractivity contribution in [3.05, 3.63) is 45.9 Å². The number of benzene rings is 1. The number of allylic oxidation sites excluding steroid dienone is 2. The number of likely N-dealkylation sites (N-methyl/N-ethyl adjacent to an activating group) is 1. The van der Waals surface area contributed by atoms with Crippen LogP contribution in [0.3, 0.4) is 0 Å². The number of hydrogen-bond acceptors (Lipinski definition) is 9. The first kappa shape index (κ1) is 23.5. The van der Waals surface area contributed by atoms with Crippen molar-refractivity contribution in [3.63, 3.8) is 0 Å². The minimum Gasteiger partial charge on any atom is -0.511 e. The van der Waals surface area contributed by atoms with Crippen LogP contribution < -0.4 is 11.1 Å². The van der Waals surface area contributed by atoms with Gasteiger partial charge in [-0.05, 0) is 44.5 Å². The van der Waals surface area contributed by atoms with Crippen LogP contribution in [0.5, 0.6) is 5.75 Å². The van der Waals surface area contributed by atoms with Crippen molar-refractivity contribution in [1.82, 2.24) is 4.90 Å². The van der Waals surface area contributed by atoms with E-state index >= 15 is 0 Å². The van der Waals surface area contributed by atoms with Gasteiger partial charge in [0, 0.05) is 17.9 Å². The molecule has 1 aromatic carbocycles. The summed E-state index contributed by atoms with van der Waals surface area (Å²) in [6.07, 6.45) is -0.0175. The molecule has 3 aliphatic carbocycles. The molecule has 0 saturated heterocycles.